The van der Waals surface area contributed by atoms with Gasteiger partial charge >= 0.3 is 5.97 Å². The lowest BCUT2D eigenvalue weighted by Crippen LogP contribution is -2.09. The minimum absolute atomic E-state index is 0.108. The van der Waals surface area contributed by atoms with Crippen LogP contribution in [0.25, 0.3) is 11.0 Å². The van der Waals surface area contributed by atoms with Gasteiger partial charge in [-0.15, -0.1) is 0 Å². The largest absolute Gasteiger partial charge is 0.481 e. The lowest BCUT2D eigenvalue weighted by atomic mass is 10.1. The monoisotopic (exact) mass is 322 g/mol. The van der Waals surface area contributed by atoms with E-state index in [4.69, 9.17) is 10.1 Å². The molecule has 2 aromatic carbocycles. The van der Waals surface area contributed by atoms with Crippen molar-refractivity contribution >= 4 is 17.0 Å². The zero-order valence-corrected chi connectivity index (χ0v) is 14.1. The number of nitrogens with zero attached hydrogens (tertiary/aromatic N) is 2. The first kappa shape index (κ1) is 16.2. The molecule has 0 unspecified atom stereocenters. The Balaban J connectivity index is 1.95. The van der Waals surface area contributed by atoms with Crippen LogP contribution in [0.4, 0.5) is 0 Å². The van der Waals surface area contributed by atoms with Crippen molar-refractivity contribution < 1.29 is 9.90 Å². The van der Waals surface area contributed by atoms with Crippen LogP contribution in [0.1, 0.15) is 28.9 Å². The molecule has 3 aromatic rings. The molecule has 0 fully saturated rings. The minimum atomic E-state index is -0.783. The van der Waals surface area contributed by atoms with Gasteiger partial charge in [-0.25, -0.2) is 4.98 Å². The second-order valence-corrected chi connectivity index (χ2v) is 6.23. The minimum Gasteiger partial charge on any atom is -0.481 e. The van der Waals surface area contributed by atoms with Crippen molar-refractivity contribution in [3.63, 3.8) is 0 Å². The number of hydrogen-bond acceptors (Lipinski definition) is 2. The molecule has 0 aliphatic carbocycles. The van der Waals surface area contributed by atoms with Gasteiger partial charge in [0.25, 0.3) is 0 Å². The summed E-state index contributed by atoms with van der Waals surface area (Å²) >= 11 is 0. The SMILES string of the molecule is Cc1cc2nc(CCc3ccccc3)n(CCC(=O)O)c2cc1C. The maximum atomic E-state index is 11.0. The number of fused-ring (bicyclic) bond motifs is 1. The maximum absolute atomic E-state index is 11.0. The first-order valence-electron chi connectivity index (χ1n) is 8.26. The number of hydrogen-bond donors (Lipinski definition) is 1. The molecule has 1 aromatic heterocycles. The molecule has 124 valence electrons. The Labute approximate surface area is 141 Å². The van der Waals surface area contributed by atoms with E-state index < -0.39 is 5.97 Å². The van der Waals surface area contributed by atoms with Crippen molar-refractivity contribution in [3.8, 4) is 0 Å². The lowest BCUT2D eigenvalue weighted by molar-refractivity contribution is -0.137. The van der Waals surface area contributed by atoms with Crippen LogP contribution in [0.5, 0.6) is 0 Å². The van der Waals surface area contributed by atoms with Crippen molar-refractivity contribution in [2.75, 3.05) is 0 Å². The van der Waals surface area contributed by atoms with Crippen molar-refractivity contribution in [1.29, 1.82) is 0 Å². The van der Waals surface area contributed by atoms with Crippen LogP contribution >= 0.6 is 0 Å². The third-order valence-corrected chi connectivity index (χ3v) is 4.47. The molecule has 4 heteroatoms. The number of carboxylic acid groups (broad SMARTS) is 1. The molecule has 1 heterocycles. The van der Waals surface area contributed by atoms with Gasteiger partial charge in [-0.1, -0.05) is 30.3 Å². The quantitative estimate of drug-likeness (QED) is 0.748. The Bertz CT molecular complexity index is 866. The van der Waals surface area contributed by atoms with Gasteiger partial charge in [0.2, 0.25) is 0 Å². The average molecular weight is 322 g/mol. The third kappa shape index (κ3) is 3.48. The smallest absolute Gasteiger partial charge is 0.305 e. The second kappa shape index (κ2) is 6.87. The van der Waals surface area contributed by atoms with Gasteiger partial charge in [-0.3, -0.25) is 4.79 Å². The molecular weight excluding hydrogens is 300 g/mol. The topological polar surface area (TPSA) is 55.1 Å². The number of aryl methyl sites for hydroxylation is 5. The van der Waals surface area contributed by atoms with Crippen LogP contribution in [0, 0.1) is 13.8 Å². The van der Waals surface area contributed by atoms with Crippen molar-refractivity contribution in [2.24, 2.45) is 0 Å². The summed E-state index contributed by atoms with van der Waals surface area (Å²) in [5, 5.41) is 9.05. The van der Waals surface area contributed by atoms with E-state index >= 15 is 0 Å². The van der Waals surface area contributed by atoms with E-state index in [1.807, 2.05) is 18.2 Å². The molecule has 4 nitrogen and oxygen atoms in total. The highest BCUT2D eigenvalue weighted by atomic mass is 16.4. The standard InChI is InChI=1S/C20H22N2O2/c1-14-12-17-18(13-15(14)2)22(11-10-20(23)24)19(21-17)9-8-16-6-4-3-5-7-16/h3-7,12-13H,8-11H2,1-2H3,(H,23,24). The summed E-state index contributed by atoms with van der Waals surface area (Å²) in [6, 6.07) is 14.5. The summed E-state index contributed by atoms with van der Waals surface area (Å²) in [6.45, 7) is 4.61. The van der Waals surface area contributed by atoms with E-state index in [-0.39, 0.29) is 6.42 Å². The molecule has 0 radical (unpaired) electrons. The summed E-state index contributed by atoms with van der Waals surface area (Å²) in [4.78, 5) is 15.8. The molecule has 1 N–H and O–H groups in total. The Morgan fingerprint density at radius 3 is 2.50 bits per heavy atom. The number of carbonyl (C=O) groups is 1. The Kier molecular flexibility index (Phi) is 4.65. The number of carboxylic acids is 1. The summed E-state index contributed by atoms with van der Waals surface area (Å²) in [5.74, 6) is 0.176. The first-order chi connectivity index (χ1) is 11.5. The molecule has 0 atom stereocenters. The average Bonchev–Trinajstić information content (AvgIpc) is 2.89. The normalized spacial score (nSPS) is 11.1. The Morgan fingerprint density at radius 1 is 1.08 bits per heavy atom. The van der Waals surface area contributed by atoms with Crippen LogP contribution in [0.2, 0.25) is 0 Å². The highest BCUT2D eigenvalue weighted by Gasteiger charge is 2.13. The summed E-state index contributed by atoms with van der Waals surface area (Å²) in [5.41, 5.74) is 5.66. The predicted octanol–water partition coefficient (Wildman–Crippen LogP) is 3.91. The summed E-state index contributed by atoms with van der Waals surface area (Å²) in [7, 11) is 0. The fourth-order valence-electron chi connectivity index (χ4n) is 2.98. The van der Waals surface area contributed by atoms with Gasteiger partial charge in [0.1, 0.15) is 5.82 Å². The number of imidazole rings is 1. The zero-order valence-electron chi connectivity index (χ0n) is 14.1. The van der Waals surface area contributed by atoms with E-state index in [1.54, 1.807) is 0 Å². The summed E-state index contributed by atoms with van der Waals surface area (Å²) < 4.78 is 2.07. The van der Waals surface area contributed by atoms with E-state index in [2.05, 4.69) is 42.7 Å². The number of aliphatic carboxylic acids is 1. The first-order valence-corrected chi connectivity index (χ1v) is 8.26. The second-order valence-electron chi connectivity index (χ2n) is 6.23. The Morgan fingerprint density at radius 2 is 1.79 bits per heavy atom. The van der Waals surface area contributed by atoms with E-state index in [1.165, 1.54) is 16.7 Å². The molecule has 0 saturated heterocycles. The van der Waals surface area contributed by atoms with Crippen LogP contribution in [0.3, 0.4) is 0 Å². The third-order valence-electron chi connectivity index (χ3n) is 4.47. The molecule has 0 aliphatic heterocycles. The molecule has 3 rings (SSSR count). The highest BCUT2D eigenvalue weighted by molar-refractivity contribution is 5.78. The van der Waals surface area contributed by atoms with Crippen LogP contribution in [0.15, 0.2) is 42.5 Å². The predicted molar refractivity (Wildman–Crippen MR) is 95.3 cm³/mol. The van der Waals surface area contributed by atoms with Gasteiger partial charge in [-0.05, 0) is 49.1 Å². The van der Waals surface area contributed by atoms with Gasteiger partial charge in [0.15, 0.2) is 0 Å². The van der Waals surface area contributed by atoms with Gasteiger partial charge < -0.3 is 9.67 Å². The van der Waals surface area contributed by atoms with Crippen LogP contribution < -0.4 is 0 Å². The fourth-order valence-corrected chi connectivity index (χ4v) is 2.98. The highest BCUT2D eigenvalue weighted by Crippen LogP contribution is 2.22. The summed E-state index contributed by atoms with van der Waals surface area (Å²) in [6.07, 6.45) is 1.81. The van der Waals surface area contributed by atoms with E-state index in [0.29, 0.717) is 6.54 Å². The molecule has 0 bridgehead atoms. The molecular formula is C20H22N2O2. The Hall–Kier alpha value is -2.62. The molecule has 24 heavy (non-hydrogen) atoms. The molecule has 0 saturated carbocycles. The zero-order chi connectivity index (χ0) is 17.1. The van der Waals surface area contributed by atoms with Crippen molar-refractivity contribution in [3.05, 3.63) is 65.0 Å². The van der Waals surface area contributed by atoms with E-state index in [0.717, 1.165) is 29.7 Å². The van der Waals surface area contributed by atoms with E-state index in [9.17, 15) is 4.79 Å². The van der Waals surface area contributed by atoms with Crippen molar-refractivity contribution in [1.82, 2.24) is 9.55 Å². The van der Waals surface area contributed by atoms with Gasteiger partial charge in [0, 0.05) is 13.0 Å². The molecule has 0 spiro atoms. The molecule has 0 aliphatic rings. The lowest BCUT2D eigenvalue weighted by Gasteiger charge is -2.09. The number of aromatic nitrogens is 2. The fraction of sp³-hybridized carbons (Fsp3) is 0.300. The number of benzene rings is 2. The molecule has 0 amide bonds. The number of rotatable bonds is 6. The van der Waals surface area contributed by atoms with Crippen LogP contribution in [-0.4, -0.2) is 20.6 Å². The maximum Gasteiger partial charge on any atom is 0.305 e. The van der Waals surface area contributed by atoms with Gasteiger partial charge in [-0.2, -0.15) is 0 Å². The van der Waals surface area contributed by atoms with Crippen LogP contribution in [-0.2, 0) is 24.2 Å². The van der Waals surface area contributed by atoms with Gasteiger partial charge in [0.05, 0.1) is 17.5 Å². The van der Waals surface area contributed by atoms with Crippen molar-refractivity contribution in [2.45, 2.75) is 39.7 Å².